The van der Waals surface area contributed by atoms with E-state index in [0.717, 1.165) is 28.1 Å². The average Bonchev–Trinajstić information content (AvgIpc) is 3.32. The molecule has 0 fully saturated rings. The monoisotopic (exact) mass is 459 g/mol. The van der Waals surface area contributed by atoms with Gasteiger partial charge in [-0.3, -0.25) is 14.6 Å². The minimum atomic E-state index is -0.202. The van der Waals surface area contributed by atoms with E-state index in [1.54, 1.807) is 16.6 Å². The molecule has 33 heavy (non-hydrogen) atoms. The number of nitrogens with zero attached hydrogens (tertiary/aromatic N) is 4. The fraction of sp³-hybridized carbons (Fsp3) is 0.167. The van der Waals surface area contributed by atoms with Gasteiger partial charge >= 0.3 is 0 Å². The van der Waals surface area contributed by atoms with Gasteiger partial charge in [-0.25, -0.2) is 4.68 Å². The molecule has 0 atom stereocenters. The van der Waals surface area contributed by atoms with Gasteiger partial charge < -0.3 is 15.0 Å². The van der Waals surface area contributed by atoms with Gasteiger partial charge in [0.15, 0.2) is 12.3 Å². The number of rotatable bonds is 4. The van der Waals surface area contributed by atoms with E-state index >= 15 is 0 Å². The second-order valence-electron chi connectivity index (χ2n) is 7.87. The van der Waals surface area contributed by atoms with Crippen molar-refractivity contribution in [2.24, 2.45) is 10.1 Å². The van der Waals surface area contributed by atoms with E-state index in [2.05, 4.69) is 16.9 Å². The summed E-state index contributed by atoms with van der Waals surface area (Å²) in [5, 5.41) is 9.55. The summed E-state index contributed by atoms with van der Waals surface area (Å²) in [5.74, 6) is 0.226. The van der Waals surface area contributed by atoms with Crippen LogP contribution in [-0.4, -0.2) is 42.4 Å². The maximum Gasteiger partial charge on any atom is 0.279 e. The minimum absolute atomic E-state index is 0.00256. The molecule has 3 heterocycles. The summed E-state index contributed by atoms with van der Waals surface area (Å²) in [6.07, 6.45) is 0. The molecule has 0 saturated heterocycles. The summed E-state index contributed by atoms with van der Waals surface area (Å²) in [6, 6.07) is 13.1. The molecule has 1 N–H and O–H groups in total. The summed E-state index contributed by atoms with van der Waals surface area (Å²) in [7, 11) is 1.74. The molecule has 2 aromatic carbocycles. The van der Waals surface area contributed by atoms with Crippen molar-refractivity contribution in [3.63, 3.8) is 0 Å². The summed E-state index contributed by atoms with van der Waals surface area (Å²) >= 11 is 1.42. The maximum absolute atomic E-state index is 13.0. The number of thiazole rings is 1. The van der Waals surface area contributed by atoms with Crippen LogP contribution in [-0.2, 0) is 9.59 Å². The van der Waals surface area contributed by atoms with Crippen molar-refractivity contribution in [1.82, 2.24) is 4.68 Å². The highest BCUT2D eigenvalue weighted by atomic mass is 32.1. The summed E-state index contributed by atoms with van der Waals surface area (Å²) in [5.41, 5.74) is 4.99. The lowest BCUT2D eigenvalue weighted by molar-refractivity contribution is -0.118. The number of fused-ring (bicyclic) bond motifs is 2. The minimum Gasteiger partial charge on any atom is -0.482 e. The maximum atomic E-state index is 13.0. The van der Waals surface area contributed by atoms with E-state index in [-0.39, 0.29) is 18.4 Å². The predicted molar refractivity (Wildman–Crippen MR) is 129 cm³/mol. The third-order valence-electron chi connectivity index (χ3n) is 5.31. The number of para-hydroxylation sites is 1. The first-order chi connectivity index (χ1) is 15.9. The summed E-state index contributed by atoms with van der Waals surface area (Å²) in [6.45, 7) is 6.28. The Labute approximate surface area is 194 Å². The van der Waals surface area contributed by atoms with Gasteiger partial charge in [-0.2, -0.15) is 5.10 Å². The van der Waals surface area contributed by atoms with E-state index in [1.807, 2.05) is 54.8 Å². The molecule has 1 aromatic heterocycles. The van der Waals surface area contributed by atoms with Crippen molar-refractivity contribution in [3.05, 3.63) is 70.4 Å². The number of anilines is 2. The zero-order valence-corrected chi connectivity index (χ0v) is 19.0. The largest absolute Gasteiger partial charge is 0.482 e. The Kier molecular flexibility index (Phi) is 5.18. The SMILES string of the molecule is C=C(C)CN=c1scc(-c2ccc3c(c2)NC(=O)CO3)n1N=C1C(=O)N(C)c2ccccc21. The first-order valence-electron chi connectivity index (χ1n) is 10.3. The zero-order chi connectivity index (χ0) is 23.1. The van der Waals surface area contributed by atoms with Crippen LogP contribution in [0.15, 0.2) is 70.1 Å². The average molecular weight is 460 g/mol. The first-order valence-corrected chi connectivity index (χ1v) is 11.2. The molecule has 0 aliphatic carbocycles. The molecule has 8 nitrogen and oxygen atoms in total. The normalized spacial score (nSPS) is 16.5. The van der Waals surface area contributed by atoms with Crippen molar-refractivity contribution in [1.29, 1.82) is 0 Å². The number of hydrogen-bond donors (Lipinski definition) is 1. The van der Waals surface area contributed by atoms with Crippen LogP contribution >= 0.6 is 11.3 Å². The number of nitrogens with one attached hydrogen (secondary N) is 1. The molecular formula is C24H21N5O3S. The van der Waals surface area contributed by atoms with Gasteiger partial charge in [0.1, 0.15) is 5.75 Å². The number of aromatic nitrogens is 1. The lowest BCUT2D eigenvalue weighted by Gasteiger charge is -2.18. The van der Waals surface area contributed by atoms with Gasteiger partial charge in [-0.15, -0.1) is 11.3 Å². The van der Waals surface area contributed by atoms with Crippen LogP contribution < -0.4 is 19.8 Å². The molecule has 5 rings (SSSR count). The third kappa shape index (κ3) is 3.76. The Morgan fingerprint density at radius 1 is 1.24 bits per heavy atom. The van der Waals surface area contributed by atoms with E-state index in [9.17, 15) is 9.59 Å². The number of likely N-dealkylation sites (N-methyl/N-ethyl adjacent to an activating group) is 1. The van der Waals surface area contributed by atoms with Crippen LogP contribution in [0.4, 0.5) is 11.4 Å². The van der Waals surface area contributed by atoms with E-state index in [0.29, 0.717) is 28.5 Å². The number of benzene rings is 2. The van der Waals surface area contributed by atoms with Crippen molar-refractivity contribution < 1.29 is 14.3 Å². The molecule has 2 aliphatic rings. The van der Waals surface area contributed by atoms with Gasteiger partial charge in [0.05, 0.1) is 23.6 Å². The fourth-order valence-electron chi connectivity index (χ4n) is 3.69. The summed E-state index contributed by atoms with van der Waals surface area (Å²) < 4.78 is 7.16. The van der Waals surface area contributed by atoms with Crippen molar-refractivity contribution >= 4 is 40.2 Å². The number of carbonyl (C=O) groups is 2. The zero-order valence-electron chi connectivity index (χ0n) is 18.2. The standard InChI is InChI=1S/C24H21N5O3S/c1-14(2)11-25-24-29(27-22-16-6-4-5-7-18(16)28(3)23(22)31)19(13-33-24)15-8-9-20-17(10-15)26-21(30)12-32-20/h4-10,13H,1,11-12H2,2-3H3,(H,26,30). The number of amides is 2. The van der Waals surface area contributed by atoms with Crippen LogP contribution in [0.2, 0.25) is 0 Å². The third-order valence-corrected chi connectivity index (χ3v) is 6.16. The van der Waals surface area contributed by atoms with Gasteiger partial charge in [0.2, 0.25) is 4.80 Å². The quantitative estimate of drug-likeness (QED) is 0.608. The smallest absolute Gasteiger partial charge is 0.279 e. The molecule has 2 aliphatic heterocycles. The molecule has 3 aromatic rings. The number of hydrogen-bond acceptors (Lipinski definition) is 6. The highest BCUT2D eigenvalue weighted by Gasteiger charge is 2.31. The number of ether oxygens (including phenoxy) is 1. The molecule has 0 radical (unpaired) electrons. The van der Waals surface area contributed by atoms with E-state index in [4.69, 9.17) is 9.84 Å². The molecule has 2 amide bonds. The lowest BCUT2D eigenvalue weighted by atomic mass is 10.1. The van der Waals surface area contributed by atoms with Crippen LogP contribution in [0.25, 0.3) is 11.3 Å². The van der Waals surface area contributed by atoms with Crippen molar-refractivity contribution in [2.75, 3.05) is 30.4 Å². The highest BCUT2D eigenvalue weighted by molar-refractivity contribution is 7.07. The Morgan fingerprint density at radius 3 is 2.88 bits per heavy atom. The van der Waals surface area contributed by atoms with Crippen LogP contribution in [0, 0.1) is 0 Å². The Balaban J connectivity index is 1.68. The molecular weight excluding hydrogens is 438 g/mol. The second kappa shape index (κ2) is 8.18. The topological polar surface area (TPSA) is 88.3 Å². The Morgan fingerprint density at radius 2 is 2.06 bits per heavy atom. The molecule has 0 saturated carbocycles. The van der Waals surface area contributed by atoms with Crippen LogP contribution in [0.1, 0.15) is 12.5 Å². The molecule has 0 bridgehead atoms. The van der Waals surface area contributed by atoms with Crippen LogP contribution in [0.3, 0.4) is 0 Å². The Hall–Kier alpha value is -3.98. The van der Waals surface area contributed by atoms with Gasteiger partial charge in [-0.1, -0.05) is 30.4 Å². The lowest BCUT2D eigenvalue weighted by Crippen LogP contribution is -2.27. The van der Waals surface area contributed by atoms with E-state index < -0.39 is 0 Å². The summed E-state index contributed by atoms with van der Waals surface area (Å²) in [4.78, 5) is 31.7. The highest BCUT2D eigenvalue weighted by Crippen LogP contribution is 2.33. The molecule has 166 valence electrons. The molecule has 0 unspecified atom stereocenters. The molecule has 9 heteroatoms. The van der Waals surface area contributed by atoms with Gasteiger partial charge in [0, 0.05) is 23.6 Å². The fourth-order valence-corrected chi connectivity index (χ4v) is 4.53. The predicted octanol–water partition coefficient (Wildman–Crippen LogP) is 3.25. The Bertz CT molecular complexity index is 1420. The van der Waals surface area contributed by atoms with E-state index in [1.165, 1.54) is 11.3 Å². The second-order valence-corrected chi connectivity index (χ2v) is 8.70. The number of carbonyl (C=O) groups excluding carboxylic acids is 2. The van der Waals surface area contributed by atoms with Crippen LogP contribution in [0.5, 0.6) is 5.75 Å². The van der Waals surface area contributed by atoms with Crippen molar-refractivity contribution in [3.8, 4) is 17.0 Å². The van der Waals surface area contributed by atoms with Gasteiger partial charge in [-0.05, 0) is 31.2 Å². The van der Waals surface area contributed by atoms with Crippen molar-refractivity contribution in [2.45, 2.75) is 6.92 Å². The van der Waals surface area contributed by atoms with Gasteiger partial charge in [0.25, 0.3) is 11.8 Å². The molecule has 0 spiro atoms. The first kappa shape index (κ1) is 20.9.